The van der Waals surface area contributed by atoms with E-state index < -0.39 is 5.97 Å². The fourth-order valence-electron chi connectivity index (χ4n) is 1.75. The van der Waals surface area contributed by atoms with Crippen LogP contribution in [0.4, 0.5) is 5.13 Å². The molecule has 0 saturated heterocycles. The number of anilines is 1. The highest BCUT2D eigenvalue weighted by molar-refractivity contribution is 7.16. The van der Waals surface area contributed by atoms with Crippen LogP contribution in [0.25, 0.3) is 11.3 Å². The number of aryl methyl sites for hydroxylation is 1. The van der Waals surface area contributed by atoms with Crippen molar-refractivity contribution < 1.29 is 14.7 Å². The number of carbonyl (C=O) groups is 2. The van der Waals surface area contributed by atoms with Crippen molar-refractivity contribution in [2.24, 2.45) is 0 Å². The first-order chi connectivity index (χ1) is 9.99. The number of carboxylic acids is 1. The molecule has 2 N–H and O–H groups in total. The van der Waals surface area contributed by atoms with E-state index in [1.54, 1.807) is 0 Å². The molecule has 110 valence electrons. The lowest BCUT2D eigenvalue weighted by molar-refractivity contribution is -0.136. The minimum Gasteiger partial charge on any atom is -0.481 e. The number of amides is 1. The standard InChI is InChI=1S/C14H13ClN2O3S/c1-8-2-4-9(5-3-8)13-10(6-12(19)20)21-14(17-13)16-11(18)7-15/h2-5H,6-7H2,1H3,(H,19,20)(H,16,17,18). The summed E-state index contributed by atoms with van der Waals surface area (Å²) in [6, 6.07) is 7.61. The molecule has 0 radical (unpaired) electrons. The Morgan fingerprint density at radius 3 is 2.57 bits per heavy atom. The molecule has 0 fully saturated rings. The summed E-state index contributed by atoms with van der Waals surface area (Å²) in [5.41, 5.74) is 2.50. The van der Waals surface area contributed by atoms with E-state index in [-0.39, 0.29) is 18.2 Å². The first kappa shape index (κ1) is 15.5. The summed E-state index contributed by atoms with van der Waals surface area (Å²) in [6.07, 6.45) is -0.141. The Balaban J connectivity index is 2.39. The van der Waals surface area contributed by atoms with Gasteiger partial charge < -0.3 is 10.4 Å². The van der Waals surface area contributed by atoms with Crippen LogP contribution in [-0.4, -0.2) is 27.8 Å². The quantitative estimate of drug-likeness (QED) is 0.829. The number of nitrogens with zero attached hydrogens (tertiary/aromatic N) is 1. The molecule has 0 aliphatic heterocycles. The molecule has 2 aromatic rings. The van der Waals surface area contributed by atoms with Crippen LogP contribution in [0, 0.1) is 6.92 Å². The van der Waals surface area contributed by atoms with Crippen molar-refractivity contribution in [1.29, 1.82) is 0 Å². The number of nitrogens with one attached hydrogen (secondary N) is 1. The molecule has 1 amide bonds. The van der Waals surface area contributed by atoms with Gasteiger partial charge in [-0.25, -0.2) is 4.98 Å². The molecule has 5 nitrogen and oxygen atoms in total. The summed E-state index contributed by atoms with van der Waals surface area (Å²) in [6.45, 7) is 1.97. The van der Waals surface area contributed by atoms with Crippen molar-refractivity contribution in [2.75, 3.05) is 11.2 Å². The molecular formula is C14H13ClN2O3S. The van der Waals surface area contributed by atoms with Gasteiger partial charge in [-0.1, -0.05) is 29.8 Å². The highest BCUT2D eigenvalue weighted by atomic mass is 35.5. The Hall–Kier alpha value is -1.92. The topological polar surface area (TPSA) is 79.3 Å². The van der Waals surface area contributed by atoms with Crippen molar-refractivity contribution >= 4 is 39.9 Å². The van der Waals surface area contributed by atoms with Crippen LogP contribution in [-0.2, 0) is 16.0 Å². The SMILES string of the molecule is Cc1ccc(-c2nc(NC(=O)CCl)sc2CC(=O)O)cc1. The third-order valence-corrected chi connectivity index (χ3v) is 3.92. The van der Waals surface area contributed by atoms with E-state index >= 15 is 0 Å². The zero-order valence-corrected chi connectivity index (χ0v) is 12.8. The van der Waals surface area contributed by atoms with Gasteiger partial charge in [0.15, 0.2) is 5.13 Å². The molecule has 1 aromatic carbocycles. The van der Waals surface area contributed by atoms with Crippen molar-refractivity contribution in [3.05, 3.63) is 34.7 Å². The average molecular weight is 325 g/mol. The van der Waals surface area contributed by atoms with E-state index in [0.717, 1.165) is 22.5 Å². The van der Waals surface area contributed by atoms with Crippen LogP contribution in [0.15, 0.2) is 24.3 Å². The number of aliphatic carboxylic acids is 1. The van der Waals surface area contributed by atoms with Gasteiger partial charge in [-0.05, 0) is 6.92 Å². The van der Waals surface area contributed by atoms with Crippen LogP contribution >= 0.6 is 22.9 Å². The molecule has 1 heterocycles. The van der Waals surface area contributed by atoms with Crippen LogP contribution in [0.3, 0.4) is 0 Å². The van der Waals surface area contributed by atoms with Crippen LogP contribution in [0.2, 0.25) is 0 Å². The van der Waals surface area contributed by atoms with Gasteiger partial charge >= 0.3 is 5.97 Å². The fraction of sp³-hybridized carbons (Fsp3) is 0.214. The van der Waals surface area contributed by atoms with Crippen molar-refractivity contribution in [1.82, 2.24) is 4.98 Å². The zero-order chi connectivity index (χ0) is 15.4. The van der Waals surface area contributed by atoms with Gasteiger partial charge in [-0.15, -0.1) is 22.9 Å². The molecule has 0 aliphatic rings. The predicted octanol–water partition coefficient (Wildman–Crippen LogP) is 2.92. The summed E-state index contributed by atoms with van der Waals surface area (Å²) in [5.74, 6) is -1.49. The number of thiazole rings is 1. The molecule has 0 saturated carbocycles. The van der Waals surface area contributed by atoms with Crippen molar-refractivity contribution in [2.45, 2.75) is 13.3 Å². The third-order valence-electron chi connectivity index (χ3n) is 2.70. The maximum Gasteiger partial charge on any atom is 0.308 e. The number of rotatable bonds is 5. The van der Waals surface area contributed by atoms with Crippen LogP contribution < -0.4 is 5.32 Å². The largest absolute Gasteiger partial charge is 0.481 e. The smallest absolute Gasteiger partial charge is 0.308 e. The minimum atomic E-state index is -0.942. The average Bonchev–Trinajstić information content (AvgIpc) is 2.81. The number of aromatic nitrogens is 1. The first-order valence-corrected chi connectivity index (χ1v) is 7.49. The predicted molar refractivity (Wildman–Crippen MR) is 83.0 cm³/mol. The molecule has 21 heavy (non-hydrogen) atoms. The second-order valence-corrected chi connectivity index (χ2v) is 5.76. The van der Waals surface area contributed by atoms with Crippen molar-refractivity contribution in [3.8, 4) is 11.3 Å². The fourth-order valence-corrected chi connectivity index (χ4v) is 2.81. The molecule has 0 aliphatic carbocycles. The number of hydrogen-bond acceptors (Lipinski definition) is 4. The molecule has 0 spiro atoms. The summed E-state index contributed by atoms with van der Waals surface area (Å²) in [4.78, 5) is 27.2. The van der Waals surface area contributed by atoms with Gasteiger partial charge in [0, 0.05) is 10.4 Å². The van der Waals surface area contributed by atoms with Gasteiger partial charge in [0.1, 0.15) is 5.88 Å². The number of halogens is 1. The number of benzene rings is 1. The first-order valence-electron chi connectivity index (χ1n) is 6.14. The lowest BCUT2D eigenvalue weighted by Crippen LogP contribution is -2.12. The van der Waals surface area contributed by atoms with E-state index in [1.807, 2.05) is 31.2 Å². The Kier molecular flexibility index (Phi) is 4.93. The highest BCUT2D eigenvalue weighted by Gasteiger charge is 2.16. The summed E-state index contributed by atoms with van der Waals surface area (Å²) < 4.78 is 0. The summed E-state index contributed by atoms with van der Waals surface area (Å²) in [5, 5.41) is 11.9. The Morgan fingerprint density at radius 2 is 2.00 bits per heavy atom. The second-order valence-electron chi connectivity index (χ2n) is 4.41. The molecule has 1 aromatic heterocycles. The van der Waals surface area contributed by atoms with E-state index in [9.17, 15) is 9.59 Å². The van der Waals surface area contributed by atoms with E-state index in [1.165, 1.54) is 0 Å². The maximum atomic E-state index is 11.3. The van der Waals surface area contributed by atoms with Gasteiger partial charge in [-0.3, -0.25) is 9.59 Å². The molecule has 0 unspecified atom stereocenters. The molecule has 0 atom stereocenters. The van der Waals surface area contributed by atoms with Crippen molar-refractivity contribution in [3.63, 3.8) is 0 Å². The normalized spacial score (nSPS) is 10.4. The number of carboxylic acid groups (broad SMARTS) is 1. The lowest BCUT2D eigenvalue weighted by Gasteiger charge is -2.01. The number of hydrogen-bond donors (Lipinski definition) is 2. The highest BCUT2D eigenvalue weighted by Crippen LogP contribution is 2.31. The second kappa shape index (κ2) is 6.69. The molecule has 0 bridgehead atoms. The molecule has 7 heteroatoms. The Labute approximate surface area is 130 Å². The molecule has 2 rings (SSSR count). The Morgan fingerprint density at radius 1 is 1.33 bits per heavy atom. The van der Waals surface area contributed by atoms with E-state index in [0.29, 0.717) is 15.7 Å². The van der Waals surface area contributed by atoms with E-state index in [2.05, 4.69) is 10.3 Å². The monoisotopic (exact) mass is 324 g/mol. The van der Waals surface area contributed by atoms with Crippen LogP contribution in [0.5, 0.6) is 0 Å². The van der Waals surface area contributed by atoms with Gasteiger partial charge in [0.2, 0.25) is 5.91 Å². The zero-order valence-electron chi connectivity index (χ0n) is 11.2. The van der Waals surface area contributed by atoms with Gasteiger partial charge in [0.05, 0.1) is 12.1 Å². The number of alkyl halides is 1. The third kappa shape index (κ3) is 4.03. The number of carbonyl (C=O) groups excluding carboxylic acids is 1. The summed E-state index contributed by atoms with van der Waals surface area (Å²) in [7, 11) is 0. The van der Waals surface area contributed by atoms with E-state index in [4.69, 9.17) is 16.7 Å². The summed E-state index contributed by atoms with van der Waals surface area (Å²) >= 11 is 6.59. The lowest BCUT2D eigenvalue weighted by atomic mass is 10.1. The Bertz CT molecular complexity index is 667. The maximum absolute atomic E-state index is 11.3. The molecular weight excluding hydrogens is 312 g/mol. The van der Waals surface area contributed by atoms with Gasteiger partial charge in [0.25, 0.3) is 0 Å². The minimum absolute atomic E-state index is 0.141. The van der Waals surface area contributed by atoms with Gasteiger partial charge in [-0.2, -0.15) is 0 Å². The van der Waals surface area contributed by atoms with Crippen LogP contribution in [0.1, 0.15) is 10.4 Å².